The summed E-state index contributed by atoms with van der Waals surface area (Å²) in [5, 5.41) is 2.93. The Hall–Kier alpha value is -2.43. The number of hydrogen-bond donors (Lipinski definition) is 1. The molecule has 0 unspecified atom stereocenters. The van der Waals surface area contributed by atoms with Crippen molar-refractivity contribution in [1.82, 2.24) is 15.3 Å². The second kappa shape index (κ2) is 6.77. The van der Waals surface area contributed by atoms with Crippen molar-refractivity contribution in [3.8, 4) is 0 Å². The quantitative estimate of drug-likeness (QED) is 0.891. The zero-order valence-electron chi connectivity index (χ0n) is 13.6. The fraction of sp³-hybridized carbons (Fsp3) is 0.389. The number of nitrogens with one attached hydrogen (secondary N) is 1. The van der Waals surface area contributed by atoms with Gasteiger partial charge in [0.1, 0.15) is 11.5 Å². The molecule has 0 aliphatic heterocycles. The number of rotatable bonds is 6. The van der Waals surface area contributed by atoms with E-state index in [2.05, 4.69) is 46.2 Å². The number of carbonyl (C=O) groups is 1. The monoisotopic (exact) mass is 310 g/mol. The molecule has 1 amide bonds. The third-order valence-corrected chi connectivity index (χ3v) is 3.90. The maximum atomic E-state index is 12.0. The molecule has 1 heterocycles. The molecule has 1 aliphatic rings. The van der Waals surface area contributed by atoms with E-state index in [0.29, 0.717) is 11.7 Å². The summed E-state index contributed by atoms with van der Waals surface area (Å²) in [6, 6.07) is 10.9. The van der Waals surface area contributed by atoms with Crippen molar-refractivity contribution in [1.29, 1.82) is 0 Å². The first-order valence-electron chi connectivity index (χ1n) is 8.07. The largest absolute Gasteiger partial charge is 0.349 e. The van der Waals surface area contributed by atoms with Crippen LogP contribution in [0.4, 0.5) is 5.82 Å². The summed E-state index contributed by atoms with van der Waals surface area (Å²) >= 11 is 0. The highest BCUT2D eigenvalue weighted by Crippen LogP contribution is 2.20. The van der Waals surface area contributed by atoms with E-state index in [1.165, 1.54) is 5.56 Å². The van der Waals surface area contributed by atoms with Crippen molar-refractivity contribution >= 4 is 11.7 Å². The Labute approximate surface area is 136 Å². The van der Waals surface area contributed by atoms with E-state index in [4.69, 9.17) is 0 Å². The summed E-state index contributed by atoms with van der Waals surface area (Å²) in [6.45, 7) is 5.01. The number of aromatic nitrogens is 2. The minimum absolute atomic E-state index is 0.134. The van der Waals surface area contributed by atoms with Gasteiger partial charge in [0.25, 0.3) is 5.91 Å². The molecule has 0 saturated heterocycles. The fourth-order valence-electron chi connectivity index (χ4n) is 2.38. The van der Waals surface area contributed by atoms with Gasteiger partial charge < -0.3 is 10.2 Å². The zero-order chi connectivity index (χ0) is 16.2. The molecule has 1 saturated carbocycles. The van der Waals surface area contributed by atoms with Gasteiger partial charge in [0, 0.05) is 18.6 Å². The summed E-state index contributed by atoms with van der Waals surface area (Å²) in [4.78, 5) is 22.9. The van der Waals surface area contributed by atoms with Crippen LogP contribution in [0.25, 0.3) is 0 Å². The van der Waals surface area contributed by atoms with Crippen LogP contribution >= 0.6 is 0 Å². The van der Waals surface area contributed by atoms with E-state index >= 15 is 0 Å². The summed E-state index contributed by atoms with van der Waals surface area (Å²) < 4.78 is 0. The van der Waals surface area contributed by atoms with E-state index < -0.39 is 0 Å². The van der Waals surface area contributed by atoms with Crippen molar-refractivity contribution in [2.24, 2.45) is 0 Å². The van der Waals surface area contributed by atoms with Crippen LogP contribution < -0.4 is 10.2 Å². The van der Waals surface area contributed by atoms with Gasteiger partial charge in [-0.15, -0.1) is 0 Å². The Morgan fingerprint density at radius 3 is 2.52 bits per heavy atom. The molecule has 3 rings (SSSR count). The molecule has 0 spiro atoms. The van der Waals surface area contributed by atoms with Gasteiger partial charge >= 0.3 is 0 Å². The van der Waals surface area contributed by atoms with Crippen LogP contribution in [-0.4, -0.2) is 28.0 Å². The molecule has 5 heteroatoms. The molecular formula is C18H22N4O. The molecule has 1 N–H and O–H groups in total. The number of anilines is 1. The Morgan fingerprint density at radius 2 is 1.96 bits per heavy atom. The molecule has 1 fully saturated rings. The maximum Gasteiger partial charge on any atom is 0.271 e. The SMILES string of the molecule is CC(C)N(Cc1ccccc1)c1cnc(C(=O)NC2CC2)cn1. The first-order chi connectivity index (χ1) is 11.1. The van der Waals surface area contributed by atoms with E-state index in [9.17, 15) is 4.79 Å². The number of hydrogen-bond acceptors (Lipinski definition) is 4. The third-order valence-electron chi connectivity index (χ3n) is 3.90. The first-order valence-corrected chi connectivity index (χ1v) is 8.07. The Bertz CT molecular complexity index is 650. The van der Waals surface area contributed by atoms with Gasteiger partial charge in [-0.2, -0.15) is 0 Å². The standard InChI is InChI=1S/C18H22N4O/c1-13(2)22(12-14-6-4-3-5-7-14)17-11-19-16(10-20-17)18(23)21-15-8-9-15/h3-7,10-11,13,15H,8-9,12H2,1-2H3,(H,21,23). The van der Waals surface area contributed by atoms with Crippen LogP contribution in [0.5, 0.6) is 0 Å². The van der Waals surface area contributed by atoms with E-state index in [1.807, 2.05) is 18.2 Å². The lowest BCUT2D eigenvalue weighted by molar-refractivity contribution is 0.0945. The predicted octanol–water partition coefficient (Wildman–Crippen LogP) is 2.78. The van der Waals surface area contributed by atoms with Crippen molar-refractivity contribution in [2.45, 2.75) is 45.3 Å². The second-order valence-corrected chi connectivity index (χ2v) is 6.21. The van der Waals surface area contributed by atoms with E-state index in [0.717, 1.165) is 25.2 Å². The van der Waals surface area contributed by atoms with Crippen molar-refractivity contribution in [3.63, 3.8) is 0 Å². The van der Waals surface area contributed by atoms with Gasteiger partial charge in [-0.05, 0) is 32.3 Å². The Balaban J connectivity index is 1.73. The van der Waals surface area contributed by atoms with Gasteiger partial charge in [0.15, 0.2) is 0 Å². The second-order valence-electron chi connectivity index (χ2n) is 6.21. The Morgan fingerprint density at radius 1 is 1.22 bits per heavy atom. The molecule has 0 bridgehead atoms. The highest BCUT2D eigenvalue weighted by molar-refractivity contribution is 5.92. The van der Waals surface area contributed by atoms with E-state index in [1.54, 1.807) is 12.4 Å². The highest BCUT2D eigenvalue weighted by Gasteiger charge is 2.24. The van der Waals surface area contributed by atoms with Crippen LogP contribution in [0.15, 0.2) is 42.7 Å². The van der Waals surface area contributed by atoms with Gasteiger partial charge in [-0.1, -0.05) is 30.3 Å². The van der Waals surface area contributed by atoms with Crippen LogP contribution in [0.3, 0.4) is 0 Å². The van der Waals surface area contributed by atoms with Gasteiger partial charge in [-0.3, -0.25) is 4.79 Å². The van der Waals surface area contributed by atoms with Crippen LogP contribution in [0.1, 0.15) is 42.7 Å². The molecule has 2 aromatic rings. The predicted molar refractivity (Wildman–Crippen MR) is 90.3 cm³/mol. The lowest BCUT2D eigenvalue weighted by Crippen LogP contribution is -2.31. The first kappa shape index (κ1) is 15.5. The summed E-state index contributed by atoms with van der Waals surface area (Å²) in [5.41, 5.74) is 1.60. The minimum Gasteiger partial charge on any atom is -0.349 e. The molecule has 1 aromatic carbocycles. The fourth-order valence-corrected chi connectivity index (χ4v) is 2.38. The molecular weight excluding hydrogens is 288 g/mol. The third kappa shape index (κ3) is 4.06. The summed E-state index contributed by atoms with van der Waals surface area (Å²) in [5.74, 6) is 0.650. The average Bonchev–Trinajstić information content (AvgIpc) is 3.37. The van der Waals surface area contributed by atoms with E-state index in [-0.39, 0.29) is 11.9 Å². The van der Waals surface area contributed by atoms with Crippen molar-refractivity contribution in [3.05, 3.63) is 54.0 Å². The molecule has 0 atom stereocenters. The summed E-state index contributed by atoms with van der Waals surface area (Å²) in [7, 11) is 0. The van der Waals surface area contributed by atoms with Crippen molar-refractivity contribution in [2.75, 3.05) is 4.90 Å². The lowest BCUT2D eigenvalue weighted by Gasteiger charge is -2.27. The topological polar surface area (TPSA) is 58.1 Å². The van der Waals surface area contributed by atoms with Crippen molar-refractivity contribution < 1.29 is 4.79 Å². The maximum absolute atomic E-state index is 12.0. The molecule has 5 nitrogen and oxygen atoms in total. The average molecular weight is 310 g/mol. The lowest BCUT2D eigenvalue weighted by atomic mass is 10.2. The smallest absolute Gasteiger partial charge is 0.271 e. The van der Waals surface area contributed by atoms with Gasteiger partial charge in [0.2, 0.25) is 0 Å². The Kier molecular flexibility index (Phi) is 4.55. The number of amides is 1. The molecule has 1 aromatic heterocycles. The highest BCUT2D eigenvalue weighted by atomic mass is 16.2. The number of carbonyl (C=O) groups excluding carboxylic acids is 1. The van der Waals surface area contributed by atoms with Crippen LogP contribution in [0, 0.1) is 0 Å². The number of benzene rings is 1. The molecule has 120 valence electrons. The van der Waals surface area contributed by atoms with Crippen LogP contribution in [-0.2, 0) is 6.54 Å². The normalized spacial score (nSPS) is 13.9. The minimum atomic E-state index is -0.134. The molecule has 0 radical (unpaired) electrons. The zero-order valence-corrected chi connectivity index (χ0v) is 13.6. The van der Waals surface area contributed by atoms with Gasteiger partial charge in [-0.25, -0.2) is 9.97 Å². The number of nitrogens with zero attached hydrogens (tertiary/aromatic N) is 3. The summed E-state index contributed by atoms with van der Waals surface area (Å²) in [6.07, 6.45) is 5.38. The molecule has 1 aliphatic carbocycles. The van der Waals surface area contributed by atoms with Crippen LogP contribution in [0.2, 0.25) is 0 Å². The van der Waals surface area contributed by atoms with Gasteiger partial charge in [0.05, 0.1) is 12.4 Å². The molecule has 23 heavy (non-hydrogen) atoms.